The minimum atomic E-state index is -0.112. The first-order valence-corrected chi connectivity index (χ1v) is 8.97. The molecule has 3 rings (SSSR count). The van der Waals surface area contributed by atoms with Crippen LogP contribution in [0.2, 0.25) is 0 Å². The highest BCUT2D eigenvalue weighted by Gasteiger charge is 2.31. The third kappa shape index (κ3) is 4.07. The third-order valence-corrected chi connectivity index (χ3v) is 5.04. The first-order valence-electron chi connectivity index (χ1n) is 8.97. The summed E-state index contributed by atoms with van der Waals surface area (Å²) in [5.41, 5.74) is 0.780. The molecule has 1 aliphatic rings. The van der Waals surface area contributed by atoms with Gasteiger partial charge in [-0.15, -0.1) is 0 Å². The van der Waals surface area contributed by atoms with Gasteiger partial charge in [0.2, 0.25) is 5.91 Å². The smallest absolute Gasteiger partial charge is 0.321 e. The summed E-state index contributed by atoms with van der Waals surface area (Å²) in [6.45, 7) is 3.12. The zero-order valence-corrected chi connectivity index (χ0v) is 15.2. The van der Waals surface area contributed by atoms with E-state index in [0.29, 0.717) is 25.9 Å². The van der Waals surface area contributed by atoms with Crippen molar-refractivity contribution in [2.45, 2.75) is 25.8 Å². The lowest BCUT2D eigenvalue weighted by Gasteiger charge is -2.34. The van der Waals surface area contributed by atoms with Crippen molar-refractivity contribution in [3.8, 4) is 0 Å². The molecule has 1 fully saturated rings. The quantitative estimate of drug-likeness (QED) is 0.908. The van der Waals surface area contributed by atoms with Crippen molar-refractivity contribution in [3.63, 3.8) is 0 Å². The van der Waals surface area contributed by atoms with Gasteiger partial charge in [0, 0.05) is 31.7 Å². The van der Waals surface area contributed by atoms with Crippen LogP contribution in [-0.2, 0) is 4.79 Å². The van der Waals surface area contributed by atoms with Crippen LogP contribution in [-0.4, -0.2) is 41.9 Å². The van der Waals surface area contributed by atoms with E-state index in [0.717, 1.165) is 11.4 Å². The van der Waals surface area contributed by atoms with Crippen LogP contribution in [0.15, 0.2) is 53.1 Å². The highest BCUT2D eigenvalue weighted by molar-refractivity contribution is 5.89. The molecule has 2 heterocycles. The third-order valence-electron chi connectivity index (χ3n) is 5.04. The fourth-order valence-corrected chi connectivity index (χ4v) is 3.25. The second-order valence-electron chi connectivity index (χ2n) is 6.70. The summed E-state index contributed by atoms with van der Waals surface area (Å²) in [5, 5.41) is 2.89. The number of anilines is 1. The van der Waals surface area contributed by atoms with Gasteiger partial charge in [-0.2, -0.15) is 0 Å². The van der Waals surface area contributed by atoms with Crippen LogP contribution < -0.4 is 5.32 Å². The zero-order valence-electron chi connectivity index (χ0n) is 15.2. The second-order valence-corrected chi connectivity index (χ2v) is 6.70. The molecule has 1 saturated heterocycles. The number of piperidine rings is 1. The number of urea groups is 1. The molecule has 0 bridgehead atoms. The number of nitrogens with zero attached hydrogens (tertiary/aromatic N) is 2. The summed E-state index contributed by atoms with van der Waals surface area (Å²) in [7, 11) is 1.81. The Labute approximate surface area is 153 Å². The average molecular weight is 355 g/mol. The molecule has 3 amide bonds. The molecule has 0 aliphatic carbocycles. The molecule has 6 nitrogen and oxygen atoms in total. The van der Waals surface area contributed by atoms with Gasteiger partial charge in [-0.05, 0) is 44.0 Å². The monoisotopic (exact) mass is 355 g/mol. The Morgan fingerprint density at radius 1 is 1.15 bits per heavy atom. The molecule has 1 N–H and O–H groups in total. The second kappa shape index (κ2) is 8.08. The number of nitrogens with one attached hydrogen (secondary N) is 1. The summed E-state index contributed by atoms with van der Waals surface area (Å²) in [6.07, 6.45) is 2.97. The summed E-state index contributed by atoms with van der Waals surface area (Å²) >= 11 is 0. The Morgan fingerprint density at radius 3 is 2.46 bits per heavy atom. The Kier molecular flexibility index (Phi) is 5.61. The number of benzene rings is 1. The lowest BCUT2D eigenvalue weighted by molar-refractivity contribution is -0.137. The SMILES string of the molecule is CC(c1ccco1)N(C)C(=O)C1CCN(C(=O)Nc2ccccc2)CC1. The molecule has 2 aromatic rings. The molecule has 1 aromatic heterocycles. The molecule has 1 atom stereocenters. The molecule has 26 heavy (non-hydrogen) atoms. The molecule has 1 aliphatic heterocycles. The fourth-order valence-electron chi connectivity index (χ4n) is 3.25. The first-order chi connectivity index (χ1) is 12.6. The van der Waals surface area contributed by atoms with Crippen molar-refractivity contribution < 1.29 is 14.0 Å². The number of rotatable bonds is 4. The van der Waals surface area contributed by atoms with E-state index in [1.54, 1.807) is 16.1 Å². The van der Waals surface area contributed by atoms with Gasteiger partial charge in [0.1, 0.15) is 5.76 Å². The summed E-state index contributed by atoms with van der Waals surface area (Å²) in [5.74, 6) is 0.829. The standard InChI is InChI=1S/C20H25N3O3/c1-15(18-9-6-14-26-18)22(2)19(24)16-10-12-23(13-11-16)20(25)21-17-7-4-3-5-8-17/h3-9,14-16H,10-13H2,1-2H3,(H,21,25). The number of amides is 3. The summed E-state index contributed by atoms with van der Waals surface area (Å²) in [6, 6.07) is 12.9. The molecule has 0 spiro atoms. The van der Waals surface area contributed by atoms with Crippen molar-refractivity contribution in [1.82, 2.24) is 9.80 Å². The van der Waals surface area contributed by atoms with E-state index in [2.05, 4.69) is 5.32 Å². The number of carbonyl (C=O) groups is 2. The fraction of sp³-hybridized carbons (Fsp3) is 0.400. The molecule has 0 radical (unpaired) electrons. The molecule has 6 heteroatoms. The molecule has 1 unspecified atom stereocenters. The van der Waals surface area contributed by atoms with Gasteiger partial charge in [0.25, 0.3) is 0 Å². The van der Waals surface area contributed by atoms with Crippen molar-refractivity contribution in [1.29, 1.82) is 0 Å². The lowest BCUT2D eigenvalue weighted by atomic mass is 9.95. The molecule has 138 valence electrons. The van der Waals surface area contributed by atoms with E-state index in [1.165, 1.54) is 0 Å². The molecule has 0 saturated carbocycles. The molecular weight excluding hydrogens is 330 g/mol. The minimum Gasteiger partial charge on any atom is -0.467 e. The van der Waals surface area contributed by atoms with Crippen molar-refractivity contribution in [3.05, 3.63) is 54.5 Å². The van der Waals surface area contributed by atoms with E-state index >= 15 is 0 Å². The zero-order chi connectivity index (χ0) is 18.5. The topological polar surface area (TPSA) is 65.8 Å². The van der Waals surface area contributed by atoms with Gasteiger partial charge in [-0.3, -0.25) is 4.79 Å². The van der Waals surface area contributed by atoms with E-state index in [-0.39, 0.29) is 23.9 Å². The van der Waals surface area contributed by atoms with Gasteiger partial charge in [-0.1, -0.05) is 18.2 Å². The maximum Gasteiger partial charge on any atom is 0.321 e. The normalized spacial score (nSPS) is 16.2. The first kappa shape index (κ1) is 18.0. The van der Waals surface area contributed by atoms with Gasteiger partial charge in [0.05, 0.1) is 12.3 Å². The summed E-state index contributed by atoms with van der Waals surface area (Å²) in [4.78, 5) is 28.6. The van der Waals surface area contributed by atoms with E-state index in [1.807, 2.05) is 56.4 Å². The van der Waals surface area contributed by atoms with Crippen LogP contribution in [0, 0.1) is 5.92 Å². The van der Waals surface area contributed by atoms with E-state index < -0.39 is 0 Å². The molecular formula is C20H25N3O3. The van der Waals surface area contributed by atoms with Crippen LogP contribution in [0.1, 0.15) is 31.6 Å². The maximum atomic E-state index is 12.8. The number of likely N-dealkylation sites (tertiary alicyclic amines) is 1. The predicted octanol–water partition coefficient (Wildman–Crippen LogP) is 3.74. The predicted molar refractivity (Wildman–Crippen MR) is 99.7 cm³/mol. The number of furan rings is 1. The van der Waals surface area contributed by atoms with Crippen LogP contribution in [0.5, 0.6) is 0 Å². The van der Waals surface area contributed by atoms with Crippen LogP contribution in [0.4, 0.5) is 10.5 Å². The Morgan fingerprint density at radius 2 is 1.85 bits per heavy atom. The largest absolute Gasteiger partial charge is 0.467 e. The van der Waals surface area contributed by atoms with Crippen molar-refractivity contribution in [2.75, 3.05) is 25.5 Å². The number of carbonyl (C=O) groups excluding carboxylic acids is 2. The van der Waals surface area contributed by atoms with E-state index in [4.69, 9.17) is 4.42 Å². The molecule has 1 aromatic carbocycles. The van der Waals surface area contributed by atoms with E-state index in [9.17, 15) is 9.59 Å². The number of para-hydroxylation sites is 1. The van der Waals surface area contributed by atoms with Gasteiger partial charge >= 0.3 is 6.03 Å². The Balaban J connectivity index is 1.51. The van der Waals surface area contributed by atoms with Crippen LogP contribution in [0.25, 0.3) is 0 Å². The average Bonchev–Trinajstić information content (AvgIpc) is 3.22. The van der Waals surface area contributed by atoms with Crippen molar-refractivity contribution in [2.24, 2.45) is 5.92 Å². The van der Waals surface area contributed by atoms with Crippen molar-refractivity contribution >= 4 is 17.6 Å². The number of hydrogen-bond donors (Lipinski definition) is 1. The van der Waals surface area contributed by atoms with Crippen LogP contribution >= 0.6 is 0 Å². The van der Waals surface area contributed by atoms with Gasteiger partial charge < -0.3 is 19.5 Å². The number of hydrogen-bond acceptors (Lipinski definition) is 3. The lowest BCUT2D eigenvalue weighted by Crippen LogP contribution is -2.45. The Bertz CT molecular complexity index is 722. The van der Waals surface area contributed by atoms with Gasteiger partial charge in [-0.25, -0.2) is 4.79 Å². The highest BCUT2D eigenvalue weighted by atomic mass is 16.3. The van der Waals surface area contributed by atoms with Crippen LogP contribution in [0.3, 0.4) is 0 Å². The van der Waals surface area contributed by atoms with Gasteiger partial charge in [0.15, 0.2) is 0 Å². The highest BCUT2D eigenvalue weighted by Crippen LogP contribution is 2.25. The minimum absolute atomic E-state index is 0.0572. The Hall–Kier alpha value is -2.76. The summed E-state index contributed by atoms with van der Waals surface area (Å²) < 4.78 is 5.40. The maximum absolute atomic E-state index is 12.8.